The summed E-state index contributed by atoms with van der Waals surface area (Å²) >= 11 is 0. The van der Waals surface area contributed by atoms with Crippen molar-refractivity contribution in [2.45, 2.75) is 77.0 Å². The van der Waals surface area contributed by atoms with E-state index in [2.05, 4.69) is 31.0 Å². The Labute approximate surface area is 156 Å². The van der Waals surface area contributed by atoms with Crippen LogP contribution in [0.15, 0.2) is 18.2 Å². The number of primary amides is 1. The summed E-state index contributed by atoms with van der Waals surface area (Å²) in [5.74, 6) is 2.63. The highest BCUT2D eigenvalue weighted by Crippen LogP contribution is 2.42. The van der Waals surface area contributed by atoms with Gasteiger partial charge in [0, 0.05) is 10.9 Å². The van der Waals surface area contributed by atoms with Gasteiger partial charge in [-0.15, -0.1) is 0 Å². The Balaban J connectivity index is 1.75. The van der Waals surface area contributed by atoms with Crippen LogP contribution in [0.5, 0.6) is 0 Å². The van der Waals surface area contributed by atoms with Crippen LogP contribution >= 0.6 is 0 Å². The van der Waals surface area contributed by atoms with Gasteiger partial charge in [0.15, 0.2) is 0 Å². The molecule has 0 unspecified atom stereocenters. The van der Waals surface area contributed by atoms with E-state index in [1.165, 1.54) is 67.9 Å². The minimum Gasteiger partial charge on any atom is -0.364 e. The molecule has 2 aromatic rings. The molecule has 140 valence electrons. The maximum atomic E-state index is 11.7. The molecule has 26 heavy (non-hydrogen) atoms. The number of carbonyl (C=O) groups is 1. The van der Waals surface area contributed by atoms with Crippen LogP contribution in [0.3, 0.4) is 0 Å². The van der Waals surface area contributed by atoms with Gasteiger partial charge >= 0.3 is 0 Å². The van der Waals surface area contributed by atoms with Gasteiger partial charge in [0.1, 0.15) is 5.69 Å². The van der Waals surface area contributed by atoms with Crippen molar-refractivity contribution in [2.75, 3.05) is 0 Å². The first kappa shape index (κ1) is 17.6. The van der Waals surface area contributed by atoms with E-state index in [1.807, 2.05) is 6.07 Å². The van der Waals surface area contributed by atoms with Crippen molar-refractivity contribution in [3.05, 3.63) is 35.0 Å². The molecular weight excluding hydrogens is 320 g/mol. The van der Waals surface area contributed by atoms with Gasteiger partial charge in [-0.3, -0.25) is 4.79 Å². The summed E-state index contributed by atoms with van der Waals surface area (Å²) < 4.78 is 0. The SMILES string of the molecule is C[C@H]1CC[C@@H](c2cc3[nH]c(C(N)=O)cc3c([C@H]3CC[C@@H](C)CC3)c2)CC1. The Morgan fingerprint density at radius 2 is 1.46 bits per heavy atom. The normalized spacial score (nSPS) is 29.8. The van der Waals surface area contributed by atoms with Crippen LogP contribution < -0.4 is 5.73 Å². The van der Waals surface area contributed by atoms with E-state index >= 15 is 0 Å². The molecule has 0 atom stereocenters. The van der Waals surface area contributed by atoms with Gasteiger partial charge in [-0.1, -0.05) is 45.6 Å². The molecule has 2 aliphatic carbocycles. The van der Waals surface area contributed by atoms with Crippen molar-refractivity contribution < 1.29 is 4.79 Å². The zero-order chi connectivity index (χ0) is 18.3. The zero-order valence-corrected chi connectivity index (χ0v) is 16.2. The average Bonchev–Trinajstić information content (AvgIpc) is 3.07. The molecule has 3 heteroatoms. The second kappa shape index (κ2) is 7.09. The van der Waals surface area contributed by atoms with E-state index in [0.29, 0.717) is 17.5 Å². The third kappa shape index (κ3) is 3.41. The van der Waals surface area contributed by atoms with Crippen LogP contribution in [-0.4, -0.2) is 10.9 Å². The molecule has 2 fully saturated rings. The first-order chi connectivity index (χ1) is 12.5. The fourth-order valence-electron chi connectivity index (χ4n) is 5.16. The lowest BCUT2D eigenvalue weighted by Crippen LogP contribution is -2.13. The van der Waals surface area contributed by atoms with Gasteiger partial charge in [-0.25, -0.2) is 0 Å². The molecule has 2 saturated carbocycles. The lowest BCUT2D eigenvalue weighted by atomic mass is 9.75. The van der Waals surface area contributed by atoms with Crippen molar-refractivity contribution in [3.8, 4) is 0 Å². The third-order valence-electron chi connectivity index (χ3n) is 7.00. The van der Waals surface area contributed by atoms with Gasteiger partial charge in [0.05, 0.1) is 0 Å². The molecule has 0 bridgehead atoms. The largest absolute Gasteiger partial charge is 0.364 e. The fourth-order valence-corrected chi connectivity index (χ4v) is 5.16. The number of hydrogen-bond acceptors (Lipinski definition) is 1. The number of rotatable bonds is 3. The van der Waals surface area contributed by atoms with Crippen molar-refractivity contribution in [1.82, 2.24) is 4.98 Å². The van der Waals surface area contributed by atoms with Crippen LogP contribution in [0.4, 0.5) is 0 Å². The maximum Gasteiger partial charge on any atom is 0.265 e. The van der Waals surface area contributed by atoms with Crippen LogP contribution in [0, 0.1) is 11.8 Å². The topological polar surface area (TPSA) is 58.9 Å². The van der Waals surface area contributed by atoms with Gasteiger partial charge in [0.2, 0.25) is 0 Å². The molecule has 3 N–H and O–H groups in total. The number of fused-ring (bicyclic) bond motifs is 1. The second-order valence-electron chi connectivity index (χ2n) is 9.03. The van der Waals surface area contributed by atoms with Gasteiger partial charge in [-0.05, 0) is 72.6 Å². The zero-order valence-electron chi connectivity index (χ0n) is 16.2. The molecule has 0 saturated heterocycles. The Kier molecular flexibility index (Phi) is 4.81. The number of carbonyl (C=O) groups excluding carboxylic acids is 1. The van der Waals surface area contributed by atoms with Crippen molar-refractivity contribution >= 4 is 16.8 Å². The maximum absolute atomic E-state index is 11.7. The molecule has 3 nitrogen and oxygen atoms in total. The monoisotopic (exact) mass is 352 g/mol. The number of benzene rings is 1. The Hall–Kier alpha value is -1.77. The first-order valence-corrected chi connectivity index (χ1v) is 10.5. The number of H-pyrrole nitrogens is 1. The molecule has 0 radical (unpaired) electrons. The lowest BCUT2D eigenvalue weighted by molar-refractivity contribution is 0.0996. The third-order valence-corrected chi connectivity index (χ3v) is 7.00. The van der Waals surface area contributed by atoms with E-state index in [-0.39, 0.29) is 5.91 Å². The van der Waals surface area contributed by atoms with Gasteiger partial charge < -0.3 is 10.7 Å². The van der Waals surface area contributed by atoms with E-state index in [0.717, 1.165) is 17.4 Å². The van der Waals surface area contributed by atoms with Crippen molar-refractivity contribution in [1.29, 1.82) is 0 Å². The minimum atomic E-state index is -0.363. The highest BCUT2D eigenvalue weighted by atomic mass is 16.1. The number of nitrogens with two attached hydrogens (primary N) is 1. The molecular formula is C23H32N2O. The van der Waals surface area contributed by atoms with Crippen molar-refractivity contribution in [3.63, 3.8) is 0 Å². The summed E-state index contributed by atoms with van der Waals surface area (Å²) in [6, 6.07) is 6.75. The van der Waals surface area contributed by atoms with E-state index in [4.69, 9.17) is 5.73 Å². The number of hydrogen-bond donors (Lipinski definition) is 2. The molecule has 1 amide bonds. The summed E-state index contributed by atoms with van der Waals surface area (Å²) in [4.78, 5) is 15.0. The highest BCUT2D eigenvalue weighted by molar-refractivity contribution is 5.98. The minimum absolute atomic E-state index is 0.363. The van der Waals surface area contributed by atoms with Crippen LogP contribution in [0.2, 0.25) is 0 Å². The average molecular weight is 353 g/mol. The number of nitrogens with one attached hydrogen (secondary N) is 1. The summed E-state index contributed by atoms with van der Waals surface area (Å²) in [6.45, 7) is 4.74. The quantitative estimate of drug-likeness (QED) is 0.714. The predicted octanol–water partition coefficient (Wildman–Crippen LogP) is 5.85. The Morgan fingerprint density at radius 1 is 0.885 bits per heavy atom. The molecule has 0 aliphatic heterocycles. The van der Waals surface area contributed by atoms with Crippen LogP contribution in [-0.2, 0) is 0 Å². The molecule has 1 aromatic carbocycles. The number of aromatic amines is 1. The predicted molar refractivity (Wildman–Crippen MR) is 108 cm³/mol. The second-order valence-corrected chi connectivity index (χ2v) is 9.03. The van der Waals surface area contributed by atoms with Crippen LogP contribution in [0.25, 0.3) is 10.9 Å². The Bertz CT molecular complexity index is 790. The van der Waals surface area contributed by atoms with Crippen LogP contribution in [0.1, 0.15) is 98.7 Å². The summed E-state index contributed by atoms with van der Waals surface area (Å²) in [7, 11) is 0. The van der Waals surface area contributed by atoms with Gasteiger partial charge in [-0.2, -0.15) is 0 Å². The fraction of sp³-hybridized carbons (Fsp3) is 0.609. The van der Waals surface area contributed by atoms with Gasteiger partial charge in [0.25, 0.3) is 5.91 Å². The lowest BCUT2D eigenvalue weighted by Gasteiger charge is -2.30. The highest BCUT2D eigenvalue weighted by Gasteiger charge is 2.26. The Morgan fingerprint density at radius 3 is 2.04 bits per heavy atom. The molecule has 0 spiro atoms. The van der Waals surface area contributed by atoms with E-state index < -0.39 is 0 Å². The van der Waals surface area contributed by atoms with Crippen molar-refractivity contribution in [2.24, 2.45) is 17.6 Å². The van der Waals surface area contributed by atoms with E-state index in [9.17, 15) is 4.79 Å². The molecule has 1 heterocycles. The summed E-state index contributed by atoms with van der Waals surface area (Å²) in [5.41, 5.74) is 10.1. The molecule has 4 rings (SSSR count). The summed E-state index contributed by atoms with van der Waals surface area (Å²) in [6.07, 6.45) is 10.4. The standard InChI is InChI=1S/C23H32N2O/c1-14-3-7-16(8-4-14)18-11-19(17-9-5-15(2)6-10-17)20-13-22(23(24)26)25-21(20)12-18/h11-17,25H,3-10H2,1-2H3,(H2,24,26)/t14-,15-,16+,17+. The molecule has 2 aliphatic rings. The first-order valence-electron chi connectivity index (χ1n) is 10.5. The smallest absolute Gasteiger partial charge is 0.265 e. The molecule has 1 aromatic heterocycles. The van der Waals surface area contributed by atoms with E-state index in [1.54, 1.807) is 0 Å². The number of aromatic nitrogens is 1. The summed E-state index contributed by atoms with van der Waals surface area (Å²) in [5, 5.41) is 1.21. The number of amides is 1.